The zero-order valence-corrected chi connectivity index (χ0v) is 8.50. The molecule has 15 heavy (non-hydrogen) atoms. The van der Waals surface area contributed by atoms with Crippen molar-refractivity contribution in [3.63, 3.8) is 0 Å². The van der Waals surface area contributed by atoms with Crippen LogP contribution in [-0.4, -0.2) is 34.6 Å². The van der Waals surface area contributed by atoms with Crippen LogP contribution in [0.5, 0.6) is 0 Å². The number of esters is 1. The van der Waals surface area contributed by atoms with Gasteiger partial charge in [-0.2, -0.15) is 0 Å². The third-order valence-corrected chi connectivity index (χ3v) is 3.48. The van der Waals surface area contributed by atoms with Crippen molar-refractivity contribution >= 4 is 5.97 Å². The molecule has 0 spiro atoms. The van der Waals surface area contributed by atoms with Crippen LogP contribution in [0.3, 0.4) is 0 Å². The predicted molar refractivity (Wildman–Crippen MR) is 51.5 cm³/mol. The smallest absolute Gasteiger partial charge is 0.306 e. The quantitative estimate of drug-likeness (QED) is 0.430. The first-order valence-electron chi connectivity index (χ1n) is 5.39. The van der Waals surface area contributed by atoms with Gasteiger partial charge in [0.1, 0.15) is 12.3 Å². The van der Waals surface area contributed by atoms with Gasteiger partial charge in [-0.05, 0) is 18.8 Å². The molecule has 2 aliphatic rings. The Morgan fingerprint density at radius 2 is 2.33 bits per heavy atom. The minimum atomic E-state index is -0.839. The molecule has 5 nitrogen and oxygen atoms in total. The standard InChI is InChI=1S/C10H17NO4/c11-9(13)2-1-5-6-3-10(14)15-8(6)4-7(5)12/h5-9,12-13H,1-4,11H2/t5-,6-,7-,8+,9-/m1/s1. The lowest BCUT2D eigenvalue weighted by Crippen LogP contribution is -2.25. The van der Waals surface area contributed by atoms with Crippen LogP contribution in [-0.2, 0) is 9.53 Å². The van der Waals surface area contributed by atoms with Crippen LogP contribution in [0, 0.1) is 11.8 Å². The van der Waals surface area contributed by atoms with Crippen molar-refractivity contribution in [1.82, 2.24) is 0 Å². The molecule has 1 saturated carbocycles. The van der Waals surface area contributed by atoms with Gasteiger partial charge in [0.05, 0.1) is 12.5 Å². The Bertz CT molecular complexity index is 256. The lowest BCUT2D eigenvalue weighted by molar-refractivity contribution is -0.141. The first-order valence-corrected chi connectivity index (χ1v) is 5.39. The minimum absolute atomic E-state index is 0.0413. The third-order valence-electron chi connectivity index (χ3n) is 3.48. The summed E-state index contributed by atoms with van der Waals surface area (Å²) < 4.78 is 5.10. The summed E-state index contributed by atoms with van der Waals surface area (Å²) in [6.07, 6.45) is 0.651. The maximum atomic E-state index is 11.1. The number of hydrogen-bond donors (Lipinski definition) is 3. The SMILES string of the molecule is N[C@H](O)CC[C@@H]1[C@H]2CC(=O)O[C@H]2C[C@H]1O. The molecule has 86 valence electrons. The monoisotopic (exact) mass is 215 g/mol. The molecule has 0 unspecified atom stereocenters. The van der Waals surface area contributed by atoms with E-state index in [0.717, 1.165) is 0 Å². The second-order valence-corrected chi connectivity index (χ2v) is 4.51. The van der Waals surface area contributed by atoms with Crippen LogP contribution in [0.15, 0.2) is 0 Å². The van der Waals surface area contributed by atoms with Crippen molar-refractivity contribution in [2.45, 2.75) is 44.1 Å². The number of aliphatic hydroxyl groups is 2. The van der Waals surface area contributed by atoms with E-state index in [4.69, 9.17) is 15.6 Å². The molecule has 4 N–H and O–H groups in total. The molecule has 0 aromatic heterocycles. The van der Waals surface area contributed by atoms with Crippen molar-refractivity contribution in [2.24, 2.45) is 17.6 Å². The van der Waals surface area contributed by atoms with Gasteiger partial charge in [-0.25, -0.2) is 0 Å². The van der Waals surface area contributed by atoms with Crippen molar-refractivity contribution in [2.75, 3.05) is 0 Å². The molecule has 0 radical (unpaired) electrons. The van der Waals surface area contributed by atoms with Gasteiger partial charge in [0.15, 0.2) is 0 Å². The highest BCUT2D eigenvalue weighted by Crippen LogP contribution is 2.43. The topological polar surface area (TPSA) is 92.8 Å². The number of aliphatic hydroxyl groups excluding tert-OH is 2. The number of ether oxygens (including phenoxy) is 1. The van der Waals surface area contributed by atoms with E-state index >= 15 is 0 Å². The van der Waals surface area contributed by atoms with E-state index in [1.54, 1.807) is 0 Å². The summed E-state index contributed by atoms with van der Waals surface area (Å²) in [6, 6.07) is 0. The molecule has 1 aliphatic carbocycles. The van der Waals surface area contributed by atoms with E-state index in [1.807, 2.05) is 0 Å². The third kappa shape index (κ3) is 2.14. The Kier molecular flexibility index (Phi) is 2.95. The lowest BCUT2D eigenvalue weighted by atomic mass is 9.88. The molecule has 1 aliphatic heterocycles. The molecule has 2 rings (SSSR count). The Morgan fingerprint density at radius 1 is 1.60 bits per heavy atom. The zero-order valence-electron chi connectivity index (χ0n) is 8.50. The molecular formula is C10H17NO4. The number of rotatable bonds is 3. The Hall–Kier alpha value is -0.650. The van der Waals surface area contributed by atoms with E-state index in [9.17, 15) is 9.90 Å². The van der Waals surface area contributed by atoms with Crippen LogP contribution < -0.4 is 5.73 Å². The molecule has 5 heteroatoms. The summed E-state index contributed by atoms with van der Waals surface area (Å²) in [5.74, 6) is -0.0129. The van der Waals surface area contributed by atoms with Crippen LogP contribution >= 0.6 is 0 Å². The Morgan fingerprint density at radius 3 is 3.00 bits per heavy atom. The van der Waals surface area contributed by atoms with Crippen molar-refractivity contribution in [3.05, 3.63) is 0 Å². The zero-order chi connectivity index (χ0) is 11.0. The van der Waals surface area contributed by atoms with Gasteiger partial charge in [-0.3, -0.25) is 4.79 Å². The van der Waals surface area contributed by atoms with Crippen LogP contribution in [0.2, 0.25) is 0 Å². The maximum Gasteiger partial charge on any atom is 0.306 e. The minimum Gasteiger partial charge on any atom is -0.462 e. The fourth-order valence-corrected chi connectivity index (χ4v) is 2.75. The highest BCUT2D eigenvalue weighted by Gasteiger charge is 2.49. The van der Waals surface area contributed by atoms with Gasteiger partial charge in [0, 0.05) is 12.3 Å². The Balaban J connectivity index is 1.94. The van der Waals surface area contributed by atoms with Crippen molar-refractivity contribution in [1.29, 1.82) is 0 Å². The largest absolute Gasteiger partial charge is 0.462 e. The molecule has 5 atom stereocenters. The molecule has 0 bridgehead atoms. The highest BCUT2D eigenvalue weighted by molar-refractivity contribution is 5.72. The molecule has 1 heterocycles. The molecule has 0 aromatic rings. The average Bonchev–Trinajstić information content (AvgIpc) is 2.57. The summed E-state index contributed by atoms with van der Waals surface area (Å²) in [6.45, 7) is 0. The second-order valence-electron chi connectivity index (χ2n) is 4.51. The summed E-state index contributed by atoms with van der Waals surface area (Å²) in [7, 11) is 0. The first-order chi connectivity index (χ1) is 7.08. The normalized spacial score (nSPS) is 41.4. The molecular weight excluding hydrogens is 198 g/mol. The molecule has 0 aromatic carbocycles. The van der Waals surface area contributed by atoms with E-state index in [2.05, 4.69) is 0 Å². The first kappa shape index (κ1) is 10.9. The van der Waals surface area contributed by atoms with Gasteiger partial charge >= 0.3 is 5.97 Å². The van der Waals surface area contributed by atoms with E-state index in [0.29, 0.717) is 25.7 Å². The molecule has 1 saturated heterocycles. The van der Waals surface area contributed by atoms with Gasteiger partial charge in [-0.15, -0.1) is 0 Å². The average molecular weight is 215 g/mol. The Labute approximate surface area is 88.2 Å². The summed E-state index contributed by atoms with van der Waals surface area (Å²) in [5.41, 5.74) is 5.26. The lowest BCUT2D eigenvalue weighted by Gasteiger charge is -2.19. The summed E-state index contributed by atoms with van der Waals surface area (Å²) in [4.78, 5) is 11.1. The van der Waals surface area contributed by atoms with Crippen LogP contribution in [0.4, 0.5) is 0 Å². The fraction of sp³-hybridized carbons (Fsp3) is 0.900. The number of nitrogens with two attached hydrogens (primary N) is 1. The van der Waals surface area contributed by atoms with Crippen LogP contribution in [0.25, 0.3) is 0 Å². The van der Waals surface area contributed by atoms with Crippen molar-refractivity contribution < 1.29 is 19.7 Å². The van der Waals surface area contributed by atoms with E-state index in [1.165, 1.54) is 0 Å². The summed E-state index contributed by atoms with van der Waals surface area (Å²) >= 11 is 0. The van der Waals surface area contributed by atoms with Gasteiger partial charge in [-0.1, -0.05) is 0 Å². The number of hydrogen-bond acceptors (Lipinski definition) is 5. The van der Waals surface area contributed by atoms with Crippen LogP contribution in [0.1, 0.15) is 25.7 Å². The maximum absolute atomic E-state index is 11.1. The van der Waals surface area contributed by atoms with Gasteiger partial charge in [0.25, 0.3) is 0 Å². The fourth-order valence-electron chi connectivity index (χ4n) is 2.75. The van der Waals surface area contributed by atoms with Crippen molar-refractivity contribution in [3.8, 4) is 0 Å². The van der Waals surface area contributed by atoms with Gasteiger partial charge < -0.3 is 20.7 Å². The number of carbonyl (C=O) groups excluding carboxylic acids is 1. The number of fused-ring (bicyclic) bond motifs is 1. The van der Waals surface area contributed by atoms with E-state index < -0.39 is 12.3 Å². The highest BCUT2D eigenvalue weighted by atomic mass is 16.6. The molecule has 2 fully saturated rings. The predicted octanol–water partition coefficient (Wildman–Crippen LogP) is -0.644. The number of carbonyl (C=O) groups is 1. The molecule has 0 amide bonds. The second kappa shape index (κ2) is 4.08. The van der Waals surface area contributed by atoms with E-state index in [-0.39, 0.29) is 23.9 Å². The summed E-state index contributed by atoms with van der Waals surface area (Å²) in [5, 5.41) is 18.8. The van der Waals surface area contributed by atoms with Gasteiger partial charge in [0.2, 0.25) is 0 Å².